The SMILES string of the molecule is OC(c1ccccc1)c1ccc(Cc2ccccc2)cc1. The van der Waals surface area contributed by atoms with E-state index < -0.39 is 6.10 Å². The maximum absolute atomic E-state index is 10.4. The van der Waals surface area contributed by atoms with Crippen LogP contribution in [0.5, 0.6) is 0 Å². The molecule has 3 rings (SSSR count). The molecular weight excluding hydrogens is 256 g/mol. The summed E-state index contributed by atoms with van der Waals surface area (Å²) in [6, 6.07) is 28.4. The van der Waals surface area contributed by atoms with E-state index in [4.69, 9.17) is 0 Å². The van der Waals surface area contributed by atoms with Crippen LogP contribution >= 0.6 is 0 Å². The average Bonchev–Trinajstić information content (AvgIpc) is 2.57. The van der Waals surface area contributed by atoms with Crippen LogP contribution in [0.15, 0.2) is 84.9 Å². The van der Waals surface area contributed by atoms with Crippen LogP contribution in [-0.2, 0) is 6.42 Å². The predicted molar refractivity (Wildman–Crippen MR) is 86.2 cm³/mol. The Bertz CT molecular complexity index is 672. The molecule has 0 aromatic heterocycles. The molecule has 0 aliphatic heterocycles. The van der Waals surface area contributed by atoms with Gasteiger partial charge in [0.15, 0.2) is 0 Å². The molecule has 0 radical (unpaired) electrons. The summed E-state index contributed by atoms with van der Waals surface area (Å²) >= 11 is 0. The van der Waals surface area contributed by atoms with E-state index in [1.54, 1.807) is 0 Å². The van der Waals surface area contributed by atoms with Gasteiger partial charge in [-0.1, -0.05) is 84.9 Å². The molecule has 0 spiro atoms. The lowest BCUT2D eigenvalue weighted by atomic mass is 9.98. The summed E-state index contributed by atoms with van der Waals surface area (Å²) < 4.78 is 0. The summed E-state index contributed by atoms with van der Waals surface area (Å²) in [5, 5.41) is 10.4. The van der Waals surface area contributed by atoms with Gasteiger partial charge >= 0.3 is 0 Å². The Morgan fingerprint density at radius 3 is 1.67 bits per heavy atom. The van der Waals surface area contributed by atoms with Gasteiger partial charge in [0.25, 0.3) is 0 Å². The second kappa shape index (κ2) is 6.38. The molecule has 0 aliphatic carbocycles. The first-order valence-electron chi connectivity index (χ1n) is 7.19. The third kappa shape index (κ3) is 3.39. The first-order chi connectivity index (χ1) is 10.3. The highest BCUT2D eigenvalue weighted by atomic mass is 16.3. The van der Waals surface area contributed by atoms with E-state index in [0.717, 1.165) is 17.5 Å². The third-order valence-electron chi connectivity index (χ3n) is 3.66. The fourth-order valence-electron chi connectivity index (χ4n) is 2.48. The molecule has 1 unspecified atom stereocenters. The molecule has 0 aliphatic rings. The van der Waals surface area contributed by atoms with Crippen molar-refractivity contribution in [3.05, 3.63) is 107 Å². The number of aliphatic hydroxyl groups excluding tert-OH is 1. The third-order valence-corrected chi connectivity index (χ3v) is 3.66. The molecular formula is C20H18O. The van der Waals surface area contributed by atoms with Crippen molar-refractivity contribution < 1.29 is 5.11 Å². The fourth-order valence-corrected chi connectivity index (χ4v) is 2.48. The van der Waals surface area contributed by atoms with E-state index in [1.807, 2.05) is 48.5 Å². The zero-order valence-corrected chi connectivity index (χ0v) is 11.8. The summed E-state index contributed by atoms with van der Waals surface area (Å²) in [5.41, 5.74) is 4.41. The number of aliphatic hydroxyl groups is 1. The van der Waals surface area contributed by atoms with Crippen molar-refractivity contribution in [1.29, 1.82) is 0 Å². The minimum atomic E-state index is -0.558. The lowest BCUT2D eigenvalue weighted by Crippen LogP contribution is -1.99. The minimum absolute atomic E-state index is 0.558. The van der Waals surface area contributed by atoms with E-state index in [2.05, 4.69) is 36.4 Å². The molecule has 1 N–H and O–H groups in total. The monoisotopic (exact) mass is 274 g/mol. The highest BCUT2D eigenvalue weighted by Crippen LogP contribution is 2.22. The molecule has 0 fully saturated rings. The molecule has 0 amide bonds. The van der Waals surface area contributed by atoms with Gasteiger partial charge in [-0.05, 0) is 28.7 Å². The highest BCUT2D eigenvalue weighted by Gasteiger charge is 2.09. The minimum Gasteiger partial charge on any atom is -0.384 e. The molecule has 0 bridgehead atoms. The van der Waals surface area contributed by atoms with Gasteiger partial charge in [0.1, 0.15) is 6.10 Å². The summed E-state index contributed by atoms with van der Waals surface area (Å²) in [7, 11) is 0. The van der Waals surface area contributed by atoms with Crippen molar-refractivity contribution in [3.63, 3.8) is 0 Å². The van der Waals surface area contributed by atoms with E-state index in [1.165, 1.54) is 11.1 Å². The lowest BCUT2D eigenvalue weighted by Gasteiger charge is -2.12. The highest BCUT2D eigenvalue weighted by molar-refractivity contribution is 5.33. The van der Waals surface area contributed by atoms with E-state index in [9.17, 15) is 5.11 Å². The Kier molecular flexibility index (Phi) is 4.13. The maximum Gasteiger partial charge on any atom is 0.104 e. The van der Waals surface area contributed by atoms with Gasteiger partial charge in [-0.25, -0.2) is 0 Å². The fraction of sp³-hybridized carbons (Fsp3) is 0.100. The van der Waals surface area contributed by atoms with Gasteiger partial charge in [-0.15, -0.1) is 0 Å². The summed E-state index contributed by atoms with van der Waals surface area (Å²) in [6.07, 6.45) is 0.361. The van der Waals surface area contributed by atoms with Crippen molar-refractivity contribution in [2.45, 2.75) is 12.5 Å². The van der Waals surface area contributed by atoms with Crippen LogP contribution in [-0.4, -0.2) is 5.11 Å². The molecule has 3 aromatic carbocycles. The predicted octanol–water partition coefficient (Wildman–Crippen LogP) is 4.36. The van der Waals surface area contributed by atoms with Gasteiger partial charge < -0.3 is 5.11 Å². The van der Waals surface area contributed by atoms with Crippen molar-refractivity contribution in [2.24, 2.45) is 0 Å². The Hall–Kier alpha value is -2.38. The van der Waals surface area contributed by atoms with Gasteiger partial charge in [0, 0.05) is 0 Å². The van der Waals surface area contributed by atoms with Gasteiger partial charge in [0.05, 0.1) is 0 Å². The maximum atomic E-state index is 10.4. The van der Waals surface area contributed by atoms with Crippen LogP contribution in [0, 0.1) is 0 Å². The summed E-state index contributed by atoms with van der Waals surface area (Å²) in [6.45, 7) is 0. The summed E-state index contributed by atoms with van der Waals surface area (Å²) in [4.78, 5) is 0. The summed E-state index contributed by atoms with van der Waals surface area (Å²) in [5.74, 6) is 0. The molecule has 21 heavy (non-hydrogen) atoms. The van der Waals surface area contributed by atoms with Gasteiger partial charge in [0.2, 0.25) is 0 Å². The second-order valence-electron chi connectivity index (χ2n) is 5.22. The first kappa shape index (κ1) is 13.6. The van der Waals surface area contributed by atoms with Crippen molar-refractivity contribution in [2.75, 3.05) is 0 Å². The van der Waals surface area contributed by atoms with Crippen LogP contribution in [0.4, 0.5) is 0 Å². The Balaban J connectivity index is 1.75. The van der Waals surface area contributed by atoms with Gasteiger partial charge in [-0.3, -0.25) is 0 Å². The molecule has 1 nitrogen and oxygen atoms in total. The Labute approximate surface area is 125 Å². The van der Waals surface area contributed by atoms with Crippen LogP contribution in [0.1, 0.15) is 28.4 Å². The van der Waals surface area contributed by atoms with Crippen LogP contribution in [0.25, 0.3) is 0 Å². The molecule has 0 saturated carbocycles. The molecule has 0 saturated heterocycles. The molecule has 0 heterocycles. The average molecular weight is 274 g/mol. The second-order valence-corrected chi connectivity index (χ2v) is 5.22. The van der Waals surface area contributed by atoms with Crippen molar-refractivity contribution >= 4 is 0 Å². The largest absolute Gasteiger partial charge is 0.384 e. The van der Waals surface area contributed by atoms with E-state index >= 15 is 0 Å². The molecule has 104 valence electrons. The standard InChI is InChI=1S/C20H18O/c21-20(18-9-5-2-6-10-18)19-13-11-17(12-14-19)15-16-7-3-1-4-8-16/h1-14,20-21H,15H2. The van der Waals surface area contributed by atoms with Crippen LogP contribution in [0.2, 0.25) is 0 Å². The first-order valence-corrected chi connectivity index (χ1v) is 7.19. The van der Waals surface area contributed by atoms with Crippen LogP contribution < -0.4 is 0 Å². The molecule has 3 aromatic rings. The molecule has 1 atom stereocenters. The Morgan fingerprint density at radius 2 is 1.05 bits per heavy atom. The smallest absolute Gasteiger partial charge is 0.104 e. The number of rotatable bonds is 4. The quantitative estimate of drug-likeness (QED) is 0.749. The number of hydrogen-bond acceptors (Lipinski definition) is 1. The lowest BCUT2D eigenvalue weighted by molar-refractivity contribution is 0.220. The zero-order valence-electron chi connectivity index (χ0n) is 11.8. The van der Waals surface area contributed by atoms with Crippen molar-refractivity contribution in [1.82, 2.24) is 0 Å². The number of hydrogen-bond donors (Lipinski definition) is 1. The van der Waals surface area contributed by atoms with Gasteiger partial charge in [-0.2, -0.15) is 0 Å². The Morgan fingerprint density at radius 1 is 0.571 bits per heavy atom. The normalized spacial score (nSPS) is 12.0. The van der Waals surface area contributed by atoms with Crippen LogP contribution in [0.3, 0.4) is 0 Å². The number of benzene rings is 3. The topological polar surface area (TPSA) is 20.2 Å². The zero-order chi connectivity index (χ0) is 14.5. The van der Waals surface area contributed by atoms with E-state index in [-0.39, 0.29) is 0 Å². The van der Waals surface area contributed by atoms with E-state index in [0.29, 0.717) is 0 Å². The van der Waals surface area contributed by atoms with Crippen molar-refractivity contribution in [3.8, 4) is 0 Å². The molecule has 1 heteroatoms.